The van der Waals surface area contributed by atoms with E-state index in [1.807, 2.05) is 18.2 Å². The van der Waals surface area contributed by atoms with Crippen LogP contribution in [0.15, 0.2) is 34.9 Å². The molecule has 0 aliphatic heterocycles. The van der Waals surface area contributed by atoms with Gasteiger partial charge in [0.05, 0.1) is 32.2 Å². The first-order chi connectivity index (χ1) is 9.81. The molecule has 1 aromatic heterocycles. The maximum atomic E-state index is 5.53. The van der Waals surface area contributed by atoms with Gasteiger partial charge in [-0.15, -0.1) is 0 Å². The molecule has 1 aliphatic rings. The minimum Gasteiger partial charge on any atom is -0.497 e. The van der Waals surface area contributed by atoms with Gasteiger partial charge in [0.1, 0.15) is 17.3 Å². The van der Waals surface area contributed by atoms with Crippen molar-refractivity contribution in [1.29, 1.82) is 0 Å². The number of rotatable bonds is 4. The molecule has 2 aromatic rings. The number of ether oxygens (including phenoxy) is 2. The lowest BCUT2D eigenvalue weighted by Gasteiger charge is -2.25. The van der Waals surface area contributed by atoms with Crippen molar-refractivity contribution in [3.8, 4) is 11.5 Å². The zero-order chi connectivity index (χ0) is 13.9. The lowest BCUT2D eigenvalue weighted by molar-refractivity contribution is 0.403. The summed E-state index contributed by atoms with van der Waals surface area (Å²) in [5, 5.41) is 3.55. The van der Waals surface area contributed by atoms with Gasteiger partial charge in [0.2, 0.25) is 0 Å². The third-order valence-electron chi connectivity index (χ3n) is 3.79. The summed E-state index contributed by atoms with van der Waals surface area (Å²) in [5.41, 5.74) is 2.20. The smallest absolute Gasteiger partial charge is 0.142 e. The normalized spacial score (nSPS) is 17.4. The Morgan fingerprint density at radius 3 is 2.90 bits per heavy atom. The zero-order valence-electron chi connectivity index (χ0n) is 11.8. The molecule has 1 heterocycles. The Kier molecular flexibility index (Phi) is 3.54. The Morgan fingerprint density at radius 2 is 2.10 bits per heavy atom. The van der Waals surface area contributed by atoms with Crippen LogP contribution >= 0.6 is 0 Å². The summed E-state index contributed by atoms with van der Waals surface area (Å²) >= 11 is 0. The molecule has 0 radical (unpaired) electrons. The van der Waals surface area contributed by atoms with Crippen molar-refractivity contribution in [3.05, 3.63) is 41.9 Å². The molecule has 20 heavy (non-hydrogen) atoms. The van der Waals surface area contributed by atoms with Gasteiger partial charge >= 0.3 is 0 Å². The highest BCUT2D eigenvalue weighted by molar-refractivity contribution is 5.61. The molecule has 0 saturated carbocycles. The summed E-state index contributed by atoms with van der Waals surface area (Å²) in [4.78, 5) is 0. The first-order valence-electron chi connectivity index (χ1n) is 6.86. The Hall–Kier alpha value is -2.10. The molecule has 0 spiro atoms. The molecule has 0 bridgehead atoms. The SMILES string of the molecule is COc1ccc(OC)c(NC2CCCc3occc32)c1. The second-order valence-electron chi connectivity index (χ2n) is 4.95. The molecule has 3 rings (SSSR count). The molecule has 1 aromatic carbocycles. The lowest BCUT2D eigenvalue weighted by atomic mass is 9.93. The van der Waals surface area contributed by atoms with Gasteiger partial charge in [-0.3, -0.25) is 0 Å². The number of methoxy groups -OCH3 is 2. The number of hydrogen-bond donors (Lipinski definition) is 1. The minimum absolute atomic E-state index is 0.263. The maximum Gasteiger partial charge on any atom is 0.142 e. The zero-order valence-corrected chi connectivity index (χ0v) is 11.8. The first kappa shape index (κ1) is 12.9. The third-order valence-corrected chi connectivity index (χ3v) is 3.79. The van der Waals surface area contributed by atoms with Crippen LogP contribution in [0.5, 0.6) is 11.5 Å². The van der Waals surface area contributed by atoms with Crippen molar-refractivity contribution in [2.45, 2.75) is 25.3 Å². The van der Waals surface area contributed by atoms with E-state index in [4.69, 9.17) is 13.9 Å². The van der Waals surface area contributed by atoms with Crippen LogP contribution < -0.4 is 14.8 Å². The molecule has 0 fully saturated rings. The molecule has 4 nitrogen and oxygen atoms in total. The van der Waals surface area contributed by atoms with E-state index < -0.39 is 0 Å². The lowest BCUT2D eigenvalue weighted by Crippen LogP contribution is -2.16. The van der Waals surface area contributed by atoms with Gasteiger partial charge in [-0.25, -0.2) is 0 Å². The molecule has 1 N–H and O–H groups in total. The highest BCUT2D eigenvalue weighted by atomic mass is 16.5. The standard InChI is InChI=1S/C16H19NO3/c1-18-11-6-7-16(19-2)14(10-11)17-13-4-3-5-15-12(13)8-9-20-15/h6-10,13,17H,3-5H2,1-2H3. The van der Waals surface area contributed by atoms with Crippen molar-refractivity contribution in [2.24, 2.45) is 0 Å². The fourth-order valence-corrected chi connectivity index (χ4v) is 2.75. The monoisotopic (exact) mass is 273 g/mol. The Morgan fingerprint density at radius 1 is 1.20 bits per heavy atom. The number of hydrogen-bond acceptors (Lipinski definition) is 4. The fourth-order valence-electron chi connectivity index (χ4n) is 2.75. The summed E-state index contributed by atoms with van der Waals surface area (Å²) in [6, 6.07) is 8.10. The van der Waals surface area contributed by atoms with Gasteiger partial charge in [-0.2, -0.15) is 0 Å². The van der Waals surface area contributed by atoms with Crippen LogP contribution in [0, 0.1) is 0 Å². The molecular weight excluding hydrogens is 254 g/mol. The summed E-state index contributed by atoms with van der Waals surface area (Å²) < 4.78 is 16.2. The number of nitrogens with one attached hydrogen (secondary N) is 1. The van der Waals surface area contributed by atoms with Crippen LogP contribution in [0.2, 0.25) is 0 Å². The van der Waals surface area contributed by atoms with E-state index in [1.54, 1.807) is 20.5 Å². The predicted molar refractivity (Wildman–Crippen MR) is 77.6 cm³/mol. The second kappa shape index (κ2) is 5.49. The van der Waals surface area contributed by atoms with Crippen LogP contribution in [0.1, 0.15) is 30.2 Å². The fraction of sp³-hybridized carbons (Fsp3) is 0.375. The summed E-state index contributed by atoms with van der Waals surface area (Å²) in [6.07, 6.45) is 5.01. The average Bonchev–Trinajstić information content (AvgIpc) is 2.96. The Balaban J connectivity index is 1.88. The van der Waals surface area contributed by atoms with E-state index in [2.05, 4.69) is 11.4 Å². The van der Waals surface area contributed by atoms with Gasteiger partial charge in [-0.05, 0) is 31.0 Å². The second-order valence-corrected chi connectivity index (χ2v) is 4.95. The van der Waals surface area contributed by atoms with Gasteiger partial charge < -0.3 is 19.2 Å². The molecule has 4 heteroatoms. The first-order valence-corrected chi connectivity index (χ1v) is 6.86. The molecule has 1 unspecified atom stereocenters. The number of fused-ring (bicyclic) bond motifs is 1. The van der Waals surface area contributed by atoms with Crippen molar-refractivity contribution in [1.82, 2.24) is 0 Å². The maximum absolute atomic E-state index is 5.53. The molecule has 106 valence electrons. The number of furan rings is 1. The molecule has 0 amide bonds. The quantitative estimate of drug-likeness (QED) is 0.920. The largest absolute Gasteiger partial charge is 0.497 e. The molecule has 1 atom stereocenters. The highest BCUT2D eigenvalue weighted by Crippen LogP contribution is 2.37. The topological polar surface area (TPSA) is 43.6 Å². The van der Waals surface area contributed by atoms with Gasteiger partial charge in [0.15, 0.2) is 0 Å². The Labute approximate surface area is 118 Å². The van der Waals surface area contributed by atoms with E-state index >= 15 is 0 Å². The van der Waals surface area contributed by atoms with E-state index in [0.717, 1.165) is 42.2 Å². The van der Waals surface area contributed by atoms with Crippen molar-refractivity contribution < 1.29 is 13.9 Å². The van der Waals surface area contributed by atoms with Crippen LogP contribution in [0.4, 0.5) is 5.69 Å². The third kappa shape index (κ3) is 2.33. The van der Waals surface area contributed by atoms with Gasteiger partial charge in [0, 0.05) is 18.1 Å². The van der Waals surface area contributed by atoms with Crippen LogP contribution in [0.3, 0.4) is 0 Å². The van der Waals surface area contributed by atoms with E-state index in [1.165, 1.54) is 5.56 Å². The number of anilines is 1. The molecular formula is C16H19NO3. The summed E-state index contributed by atoms with van der Waals surface area (Å²) in [6.45, 7) is 0. The average molecular weight is 273 g/mol. The van der Waals surface area contributed by atoms with Crippen molar-refractivity contribution in [3.63, 3.8) is 0 Å². The van der Waals surface area contributed by atoms with Crippen LogP contribution in [-0.2, 0) is 6.42 Å². The van der Waals surface area contributed by atoms with Crippen LogP contribution in [-0.4, -0.2) is 14.2 Å². The highest BCUT2D eigenvalue weighted by Gasteiger charge is 2.23. The molecule has 0 saturated heterocycles. The van der Waals surface area contributed by atoms with Crippen molar-refractivity contribution in [2.75, 3.05) is 19.5 Å². The van der Waals surface area contributed by atoms with Crippen molar-refractivity contribution >= 4 is 5.69 Å². The van der Waals surface area contributed by atoms with Crippen LogP contribution in [0.25, 0.3) is 0 Å². The van der Waals surface area contributed by atoms with E-state index in [0.29, 0.717) is 0 Å². The van der Waals surface area contributed by atoms with E-state index in [-0.39, 0.29) is 6.04 Å². The van der Waals surface area contributed by atoms with Gasteiger partial charge in [0.25, 0.3) is 0 Å². The minimum atomic E-state index is 0.263. The van der Waals surface area contributed by atoms with E-state index in [9.17, 15) is 0 Å². The van der Waals surface area contributed by atoms with Gasteiger partial charge in [-0.1, -0.05) is 0 Å². The predicted octanol–water partition coefficient (Wildman–Crippen LogP) is 3.79. The molecule has 1 aliphatic carbocycles. The number of aryl methyl sites for hydroxylation is 1. The number of benzene rings is 1. The Bertz CT molecular complexity index is 591. The summed E-state index contributed by atoms with van der Waals surface area (Å²) in [5.74, 6) is 2.73. The summed E-state index contributed by atoms with van der Waals surface area (Å²) in [7, 11) is 3.34.